The Morgan fingerprint density at radius 3 is 2.03 bits per heavy atom. The number of aliphatic hydroxyl groups excluding tert-OH is 1. The quantitative estimate of drug-likeness (QED) is 0.0563. The lowest BCUT2D eigenvalue weighted by molar-refractivity contribution is -0.131. The number of urea groups is 1. The molecule has 5 atom stereocenters. The first-order valence-corrected chi connectivity index (χ1v) is 23.8. The number of rotatable bonds is 19. The third-order valence-corrected chi connectivity index (χ3v) is 12.4. The molecule has 18 heteroatoms. The van der Waals surface area contributed by atoms with E-state index in [9.17, 15) is 43.7 Å². The fourth-order valence-electron chi connectivity index (χ4n) is 8.66. The molecular weight excluding hydrogens is 878 g/mol. The van der Waals surface area contributed by atoms with Gasteiger partial charge in [-0.25, -0.2) is 14.2 Å². The molecule has 0 aliphatic carbocycles. The van der Waals surface area contributed by atoms with Crippen LogP contribution in [0.1, 0.15) is 84.3 Å². The molecule has 2 aromatic carbocycles. The second kappa shape index (κ2) is 21.5. The molecule has 0 spiro atoms. The van der Waals surface area contributed by atoms with Gasteiger partial charge >= 0.3 is 19.9 Å². The summed E-state index contributed by atoms with van der Waals surface area (Å²) in [4.78, 5) is 87.3. The van der Waals surface area contributed by atoms with E-state index >= 15 is 0 Å². The fraction of sp³-hybridized carbons (Fsp3) is 0.469. The number of amides is 5. The Balaban J connectivity index is 1.41. The van der Waals surface area contributed by atoms with Gasteiger partial charge in [0.05, 0.1) is 35.8 Å². The molecule has 6 N–H and O–H groups in total. The van der Waals surface area contributed by atoms with Gasteiger partial charge < -0.3 is 40.4 Å². The SMILES string of the molecule is CN(C(=O)O)[C@H](C(=O)N[C@H](Cc1ccc(-c2ccccn2)cc1)C[C@H](O)[C@H](Cc1ccccc1)NC(=O)[C@@H](N1CCN(Cc2cccc(C(C)(C)OP(=O)(O)O)n2)C1=O)C(C)(C)C)C(C)(C)C. The zero-order chi connectivity index (χ0) is 49.5. The maximum atomic E-state index is 14.7. The second-order valence-electron chi connectivity index (χ2n) is 19.9. The third kappa shape index (κ3) is 14.4. The summed E-state index contributed by atoms with van der Waals surface area (Å²) in [5.41, 5.74) is 1.04. The lowest BCUT2D eigenvalue weighted by Crippen LogP contribution is -2.59. The summed E-state index contributed by atoms with van der Waals surface area (Å²) in [6.45, 7) is 14.4. The minimum Gasteiger partial charge on any atom is -0.465 e. The van der Waals surface area contributed by atoms with Crippen molar-refractivity contribution in [2.24, 2.45) is 10.8 Å². The molecule has 1 aliphatic heterocycles. The van der Waals surface area contributed by atoms with Crippen LogP contribution in [0.25, 0.3) is 11.3 Å². The summed E-state index contributed by atoms with van der Waals surface area (Å²) >= 11 is 0. The van der Waals surface area contributed by atoms with Gasteiger partial charge in [0.1, 0.15) is 17.7 Å². The Kier molecular flexibility index (Phi) is 16.8. The summed E-state index contributed by atoms with van der Waals surface area (Å²) in [6, 6.07) is 23.5. The van der Waals surface area contributed by atoms with Crippen LogP contribution in [0.5, 0.6) is 0 Å². The van der Waals surface area contributed by atoms with Gasteiger partial charge in [-0.15, -0.1) is 0 Å². The van der Waals surface area contributed by atoms with Crippen LogP contribution in [-0.2, 0) is 43.7 Å². The number of carbonyl (C=O) groups excluding carboxylic acids is 3. The molecule has 0 unspecified atom stereocenters. The van der Waals surface area contributed by atoms with Gasteiger partial charge in [0.25, 0.3) is 0 Å². The number of benzene rings is 2. The highest BCUT2D eigenvalue weighted by atomic mass is 31.2. The predicted molar refractivity (Wildman–Crippen MR) is 253 cm³/mol. The van der Waals surface area contributed by atoms with Crippen LogP contribution >= 0.6 is 7.82 Å². The molecule has 0 saturated carbocycles. The fourth-order valence-corrected chi connectivity index (χ4v) is 9.35. The van der Waals surface area contributed by atoms with Crippen molar-refractivity contribution in [2.45, 2.75) is 117 Å². The van der Waals surface area contributed by atoms with E-state index in [4.69, 9.17) is 4.52 Å². The van der Waals surface area contributed by atoms with Crippen LogP contribution in [-0.4, -0.2) is 119 Å². The minimum atomic E-state index is -4.84. The molecule has 1 saturated heterocycles. The monoisotopic (exact) mass is 943 g/mol. The highest BCUT2D eigenvalue weighted by molar-refractivity contribution is 7.46. The van der Waals surface area contributed by atoms with Gasteiger partial charge in [-0.05, 0) is 79.3 Å². The van der Waals surface area contributed by atoms with E-state index in [1.54, 1.807) is 50.1 Å². The Hall–Kier alpha value is -5.71. The van der Waals surface area contributed by atoms with Crippen LogP contribution in [0.2, 0.25) is 0 Å². The highest BCUT2D eigenvalue weighted by Crippen LogP contribution is 2.44. The first-order chi connectivity index (χ1) is 31.2. The van der Waals surface area contributed by atoms with Crippen molar-refractivity contribution in [3.8, 4) is 11.3 Å². The Labute approximate surface area is 393 Å². The summed E-state index contributed by atoms with van der Waals surface area (Å²) < 4.78 is 16.6. The van der Waals surface area contributed by atoms with Gasteiger partial charge in [-0.3, -0.25) is 29.0 Å². The number of pyridine rings is 2. The van der Waals surface area contributed by atoms with Crippen LogP contribution in [0.3, 0.4) is 0 Å². The average molecular weight is 944 g/mol. The van der Waals surface area contributed by atoms with Gasteiger partial charge in [-0.2, -0.15) is 0 Å². The van der Waals surface area contributed by atoms with E-state index in [0.717, 1.165) is 27.3 Å². The molecular formula is C49H66N7O10P. The summed E-state index contributed by atoms with van der Waals surface area (Å²) in [5, 5.41) is 28.4. The minimum absolute atomic E-state index is 0.0299. The number of carbonyl (C=O) groups is 4. The molecule has 67 heavy (non-hydrogen) atoms. The number of hydrogen-bond donors (Lipinski definition) is 6. The van der Waals surface area contributed by atoms with E-state index in [1.807, 2.05) is 93.6 Å². The number of hydrogen-bond acceptors (Lipinski definition) is 9. The van der Waals surface area contributed by atoms with Gasteiger partial charge in [0, 0.05) is 37.9 Å². The van der Waals surface area contributed by atoms with Crippen LogP contribution in [0, 0.1) is 10.8 Å². The van der Waals surface area contributed by atoms with E-state index in [0.29, 0.717) is 5.69 Å². The number of aromatic nitrogens is 2. The maximum absolute atomic E-state index is 14.7. The number of likely N-dealkylation sites (N-methyl/N-ethyl adjacent to an activating group) is 1. The molecule has 3 heterocycles. The van der Waals surface area contributed by atoms with Crippen LogP contribution in [0.15, 0.2) is 97.2 Å². The molecule has 1 fully saturated rings. The van der Waals surface area contributed by atoms with Crippen molar-refractivity contribution in [1.82, 2.24) is 35.3 Å². The molecule has 5 rings (SSSR count). The zero-order valence-corrected chi connectivity index (χ0v) is 40.7. The molecule has 362 valence electrons. The Morgan fingerprint density at radius 1 is 0.806 bits per heavy atom. The summed E-state index contributed by atoms with van der Waals surface area (Å²) in [7, 11) is -3.49. The summed E-state index contributed by atoms with van der Waals surface area (Å²) in [6.07, 6.45) is -0.354. The van der Waals surface area contributed by atoms with Gasteiger partial charge in [-0.1, -0.05) is 108 Å². The topological polar surface area (TPSA) is 235 Å². The van der Waals surface area contributed by atoms with E-state index in [-0.39, 0.29) is 44.6 Å². The number of phosphoric ester groups is 1. The third-order valence-electron chi connectivity index (χ3n) is 11.7. The smallest absolute Gasteiger partial charge is 0.465 e. The van der Waals surface area contributed by atoms with Gasteiger partial charge in [0.15, 0.2) is 0 Å². The van der Waals surface area contributed by atoms with Crippen LogP contribution in [0.4, 0.5) is 9.59 Å². The number of carboxylic acid groups (broad SMARTS) is 1. The molecule has 4 aromatic rings. The second-order valence-corrected chi connectivity index (χ2v) is 21.0. The van der Waals surface area contributed by atoms with Crippen molar-refractivity contribution in [2.75, 3.05) is 20.1 Å². The van der Waals surface area contributed by atoms with Crippen molar-refractivity contribution in [1.29, 1.82) is 0 Å². The van der Waals surface area contributed by atoms with E-state index in [2.05, 4.69) is 20.6 Å². The molecule has 5 amide bonds. The number of nitrogens with one attached hydrogen (secondary N) is 2. The predicted octanol–water partition coefficient (Wildman–Crippen LogP) is 6.37. The average Bonchev–Trinajstić information content (AvgIpc) is 3.57. The summed E-state index contributed by atoms with van der Waals surface area (Å²) in [5.74, 6) is -1.02. The first-order valence-electron chi connectivity index (χ1n) is 22.3. The lowest BCUT2D eigenvalue weighted by atomic mass is 9.84. The van der Waals surface area contributed by atoms with Crippen molar-refractivity contribution >= 4 is 31.8 Å². The molecule has 2 aromatic heterocycles. The largest absolute Gasteiger partial charge is 0.470 e. The number of phosphoric acid groups is 1. The van der Waals surface area contributed by atoms with Crippen molar-refractivity contribution in [3.05, 3.63) is 120 Å². The standard InChI is InChI=1S/C49H66N7O10P/c1-47(2,3)41(54(9)46(61)62)43(58)52-36(28-33-21-23-34(24-22-33)37-19-13-14-25-50-37)30-39(57)38(29-32-16-11-10-12-17-32)53-44(59)42(48(4,5)6)56-27-26-55(45(56)60)31-35-18-15-20-40(51-35)49(7,8)66-67(63,64)65/h10-25,36,38-39,41-42,57H,26-31H2,1-9H3,(H,52,58)(H,53,59)(H,61,62)(H2,63,64,65)/t36-,38+,39+,41-,42-/m1/s1. The van der Waals surface area contributed by atoms with Crippen molar-refractivity contribution < 1.29 is 48.3 Å². The number of nitrogens with zero attached hydrogens (tertiary/aromatic N) is 5. The molecule has 1 aliphatic rings. The highest BCUT2D eigenvalue weighted by Gasteiger charge is 2.45. The normalized spacial score (nSPS) is 15.9. The van der Waals surface area contributed by atoms with Gasteiger partial charge in [0.2, 0.25) is 11.8 Å². The van der Waals surface area contributed by atoms with Crippen LogP contribution < -0.4 is 10.6 Å². The maximum Gasteiger partial charge on any atom is 0.470 e. The Bertz CT molecular complexity index is 2370. The van der Waals surface area contributed by atoms with E-state index < -0.39 is 78.5 Å². The molecule has 17 nitrogen and oxygen atoms in total. The Morgan fingerprint density at radius 2 is 1.45 bits per heavy atom. The van der Waals surface area contributed by atoms with Crippen molar-refractivity contribution in [3.63, 3.8) is 0 Å². The number of aliphatic hydroxyl groups is 1. The first kappa shape index (κ1) is 52.3. The van der Waals surface area contributed by atoms with E-state index in [1.165, 1.54) is 25.8 Å². The lowest BCUT2D eigenvalue weighted by Gasteiger charge is -2.38. The molecule has 0 radical (unpaired) electrons. The zero-order valence-electron chi connectivity index (χ0n) is 39.8. The molecule has 0 bridgehead atoms.